The number of nitrogens with zero attached hydrogens (tertiary/aromatic N) is 1. The Morgan fingerprint density at radius 3 is 2.55 bits per heavy atom. The van der Waals surface area contributed by atoms with Crippen LogP contribution in [0.3, 0.4) is 0 Å². The van der Waals surface area contributed by atoms with Gasteiger partial charge in [-0.25, -0.2) is 0 Å². The fourth-order valence-electron chi connectivity index (χ4n) is 3.71. The number of guanidine groups is 1. The normalized spacial score (nSPS) is 23.8. The number of nitrogens with one attached hydrogen (secondary N) is 2. The minimum atomic E-state index is 0. The molecule has 1 atom stereocenters. The molecular formula is C17H34IN3O. The van der Waals surface area contributed by atoms with Gasteiger partial charge in [-0.15, -0.1) is 24.0 Å². The first-order chi connectivity index (χ1) is 10.1. The third-order valence-electron chi connectivity index (χ3n) is 4.89. The molecule has 5 heteroatoms. The molecule has 2 rings (SSSR count). The molecule has 22 heavy (non-hydrogen) atoms. The number of aliphatic imine (C=N–C) groups is 1. The summed E-state index contributed by atoms with van der Waals surface area (Å²) in [6.07, 6.45) is 9.41. The summed E-state index contributed by atoms with van der Waals surface area (Å²) in [6, 6.07) is 0. The highest BCUT2D eigenvalue weighted by Gasteiger charge is 2.37. The quantitative estimate of drug-likeness (QED) is 0.374. The molecule has 2 aliphatic rings. The second-order valence-electron chi connectivity index (χ2n) is 7.23. The molecule has 0 amide bonds. The Bertz CT molecular complexity index is 337. The smallest absolute Gasteiger partial charge is 0.190 e. The zero-order chi connectivity index (χ0) is 15.1. The third kappa shape index (κ3) is 6.22. The van der Waals surface area contributed by atoms with Crippen LogP contribution in [0.25, 0.3) is 0 Å². The lowest BCUT2D eigenvalue weighted by atomic mass is 9.64. The molecule has 0 spiro atoms. The van der Waals surface area contributed by atoms with E-state index in [2.05, 4.69) is 29.5 Å². The number of halogens is 1. The Morgan fingerprint density at radius 1 is 1.27 bits per heavy atom. The number of hydrogen-bond donors (Lipinski definition) is 2. The van der Waals surface area contributed by atoms with Gasteiger partial charge in [0.25, 0.3) is 0 Å². The highest BCUT2D eigenvalue weighted by molar-refractivity contribution is 14.0. The third-order valence-corrected chi connectivity index (χ3v) is 4.89. The number of rotatable bonds is 7. The van der Waals surface area contributed by atoms with Crippen LogP contribution in [-0.4, -0.2) is 38.8 Å². The van der Waals surface area contributed by atoms with Crippen LogP contribution < -0.4 is 10.6 Å². The van der Waals surface area contributed by atoms with Crippen LogP contribution in [0, 0.1) is 11.3 Å². The van der Waals surface area contributed by atoms with E-state index in [9.17, 15) is 0 Å². The minimum absolute atomic E-state index is 0. The summed E-state index contributed by atoms with van der Waals surface area (Å²) in [6.45, 7) is 7.60. The Labute approximate surface area is 153 Å². The van der Waals surface area contributed by atoms with Crippen molar-refractivity contribution in [3.8, 4) is 0 Å². The van der Waals surface area contributed by atoms with E-state index in [4.69, 9.17) is 4.74 Å². The Hall–Kier alpha value is -0.0400. The van der Waals surface area contributed by atoms with Gasteiger partial charge in [-0.3, -0.25) is 4.99 Å². The predicted molar refractivity (Wildman–Crippen MR) is 104 cm³/mol. The van der Waals surface area contributed by atoms with Gasteiger partial charge in [-0.2, -0.15) is 0 Å². The molecule has 1 saturated carbocycles. The first-order valence-corrected chi connectivity index (χ1v) is 8.70. The van der Waals surface area contributed by atoms with Crippen LogP contribution in [0.15, 0.2) is 4.99 Å². The highest BCUT2D eigenvalue weighted by atomic mass is 127. The van der Waals surface area contributed by atoms with Crippen molar-refractivity contribution < 1.29 is 4.74 Å². The summed E-state index contributed by atoms with van der Waals surface area (Å²) in [7, 11) is 1.86. The largest absolute Gasteiger partial charge is 0.378 e. The van der Waals surface area contributed by atoms with Gasteiger partial charge in [0.1, 0.15) is 0 Å². The lowest BCUT2D eigenvalue weighted by Gasteiger charge is -2.43. The van der Waals surface area contributed by atoms with Crippen molar-refractivity contribution in [2.45, 2.75) is 64.9 Å². The van der Waals surface area contributed by atoms with E-state index >= 15 is 0 Å². The van der Waals surface area contributed by atoms with Gasteiger partial charge in [0, 0.05) is 26.7 Å². The Morgan fingerprint density at radius 2 is 2.05 bits per heavy atom. The van der Waals surface area contributed by atoms with Gasteiger partial charge in [0.05, 0.1) is 6.10 Å². The molecule has 0 bridgehead atoms. The van der Waals surface area contributed by atoms with Crippen molar-refractivity contribution in [3.05, 3.63) is 0 Å². The monoisotopic (exact) mass is 423 g/mol. The van der Waals surface area contributed by atoms with Crippen LogP contribution in [0.1, 0.15) is 58.8 Å². The van der Waals surface area contributed by atoms with Crippen molar-refractivity contribution in [3.63, 3.8) is 0 Å². The summed E-state index contributed by atoms with van der Waals surface area (Å²) in [5.74, 6) is 1.73. The van der Waals surface area contributed by atoms with E-state index in [1.54, 1.807) is 0 Å². The summed E-state index contributed by atoms with van der Waals surface area (Å²) < 4.78 is 5.65. The summed E-state index contributed by atoms with van der Waals surface area (Å²) in [5, 5.41) is 6.97. The van der Waals surface area contributed by atoms with Gasteiger partial charge < -0.3 is 15.4 Å². The molecule has 1 saturated heterocycles. The lowest BCUT2D eigenvalue weighted by Crippen LogP contribution is -2.47. The summed E-state index contributed by atoms with van der Waals surface area (Å²) in [4.78, 5) is 4.35. The standard InChI is InChI=1S/C17H33N3O.HI/c1-14(2)12-17(8-5-9-17)13-20-16(18-3)19-10-7-15-6-4-11-21-15;/h14-15H,4-13H2,1-3H3,(H2,18,19,20);1H. The van der Waals surface area contributed by atoms with E-state index in [1.807, 2.05) is 7.05 Å². The molecule has 0 aromatic rings. The van der Waals surface area contributed by atoms with E-state index in [0.29, 0.717) is 11.5 Å². The van der Waals surface area contributed by atoms with E-state index in [0.717, 1.165) is 38.0 Å². The molecule has 1 unspecified atom stereocenters. The van der Waals surface area contributed by atoms with Crippen LogP contribution in [0.4, 0.5) is 0 Å². The van der Waals surface area contributed by atoms with Crippen LogP contribution in [0.2, 0.25) is 0 Å². The van der Waals surface area contributed by atoms with Crippen molar-refractivity contribution in [1.29, 1.82) is 0 Å². The summed E-state index contributed by atoms with van der Waals surface area (Å²) in [5.41, 5.74) is 0.514. The number of hydrogen-bond acceptors (Lipinski definition) is 2. The zero-order valence-electron chi connectivity index (χ0n) is 14.5. The highest BCUT2D eigenvalue weighted by Crippen LogP contribution is 2.45. The summed E-state index contributed by atoms with van der Waals surface area (Å²) >= 11 is 0. The minimum Gasteiger partial charge on any atom is -0.378 e. The average molecular weight is 423 g/mol. The van der Waals surface area contributed by atoms with E-state index in [-0.39, 0.29) is 24.0 Å². The molecule has 0 aromatic heterocycles. The molecule has 4 nitrogen and oxygen atoms in total. The molecule has 1 heterocycles. The topological polar surface area (TPSA) is 45.7 Å². The molecule has 130 valence electrons. The van der Waals surface area contributed by atoms with Crippen LogP contribution >= 0.6 is 24.0 Å². The van der Waals surface area contributed by atoms with Crippen LogP contribution in [0.5, 0.6) is 0 Å². The molecule has 1 aliphatic heterocycles. The zero-order valence-corrected chi connectivity index (χ0v) is 16.8. The molecule has 2 fully saturated rings. The first-order valence-electron chi connectivity index (χ1n) is 8.70. The van der Waals surface area contributed by atoms with Crippen molar-refractivity contribution in [1.82, 2.24) is 10.6 Å². The predicted octanol–water partition coefficient (Wildman–Crippen LogP) is 3.55. The van der Waals surface area contributed by atoms with Crippen molar-refractivity contribution >= 4 is 29.9 Å². The van der Waals surface area contributed by atoms with Gasteiger partial charge in [0.2, 0.25) is 0 Å². The SMILES string of the molecule is CN=C(NCCC1CCCO1)NCC1(CC(C)C)CCC1.I. The fraction of sp³-hybridized carbons (Fsp3) is 0.941. The molecular weight excluding hydrogens is 389 g/mol. The maximum absolute atomic E-state index is 5.65. The van der Waals surface area contributed by atoms with Crippen molar-refractivity contribution in [2.24, 2.45) is 16.3 Å². The van der Waals surface area contributed by atoms with Gasteiger partial charge in [-0.1, -0.05) is 20.3 Å². The average Bonchev–Trinajstić information content (AvgIpc) is 2.92. The van der Waals surface area contributed by atoms with Crippen LogP contribution in [-0.2, 0) is 4.74 Å². The maximum Gasteiger partial charge on any atom is 0.190 e. The molecule has 0 aromatic carbocycles. The Balaban J connectivity index is 0.00000242. The van der Waals surface area contributed by atoms with Gasteiger partial charge in [-0.05, 0) is 49.9 Å². The molecule has 2 N–H and O–H groups in total. The maximum atomic E-state index is 5.65. The molecule has 1 aliphatic carbocycles. The fourth-order valence-corrected chi connectivity index (χ4v) is 3.71. The first kappa shape index (κ1) is 20.0. The Kier molecular flexibility index (Phi) is 9.05. The number of ether oxygens (including phenoxy) is 1. The van der Waals surface area contributed by atoms with Gasteiger partial charge in [0.15, 0.2) is 5.96 Å². The second-order valence-corrected chi connectivity index (χ2v) is 7.23. The van der Waals surface area contributed by atoms with Crippen molar-refractivity contribution in [2.75, 3.05) is 26.7 Å². The van der Waals surface area contributed by atoms with E-state index < -0.39 is 0 Å². The lowest BCUT2D eigenvalue weighted by molar-refractivity contribution is 0.103. The molecule has 0 radical (unpaired) electrons. The van der Waals surface area contributed by atoms with Gasteiger partial charge >= 0.3 is 0 Å². The second kappa shape index (κ2) is 9.96. The van der Waals surface area contributed by atoms with E-state index in [1.165, 1.54) is 38.5 Å².